The quantitative estimate of drug-likeness (QED) is 0.808. The molecule has 3 rings (SSSR count). The van der Waals surface area contributed by atoms with Gasteiger partial charge in [0.05, 0.1) is 13.2 Å². The number of benzene rings is 1. The van der Waals surface area contributed by atoms with Gasteiger partial charge in [-0.3, -0.25) is 0 Å². The number of anilines is 1. The molecular formula is C22H35N3O3. The first-order valence-corrected chi connectivity index (χ1v) is 10.6. The molecule has 2 atom stereocenters. The Balaban J connectivity index is 1.50. The van der Waals surface area contributed by atoms with Gasteiger partial charge < -0.3 is 25.0 Å². The van der Waals surface area contributed by atoms with Crippen molar-refractivity contribution in [3.05, 3.63) is 29.8 Å². The zero-order valence-electron chi connectivity index (χ0n) is 17.5. The fraction of sp³-hybridized carbons (Fsp3) is 0.682. The summed E-state index contributed by atoms with van der Waals surface area (Å²) in [5, 5.41) is 6.72. The third kappa shape index (κ3) is 6.38. The fourth-order valence-electron chi connectivity index (χ4n) is 3.90. The lowest BCUT2D eigenvalue weighted by atomic mass is 9.90. The molecule has 1 aromatic rings. The van der Waals surface area contributed by atoms with Crippen LogP contribution in [0.3, 0.4) is 0 Å². The molecular weight excluding hydrogens is 354 g/mol. The second-order valence-corrected chi connectivity index (χ2v) is 8.79. The van der Waals surface area contributed by atoms with E-state index >= 15 is 0 Å². The minimum atomic E-state index is -0.468. The average Bonchev–Trinajstić information content (AvgIpc) is 2.67. The Labute approximate surface area is 169 Å². The van der Waals surface area contributed by atoms with E-state index in [1.165, 1.54) is 17.7 Å². The van der Waals surface area contributed by atoms with Gasteiger partial charge in [-0.1, -0.05) is 25.0 Å². The SMILES string of the molecule is CC(C)(C)OC(=O)N[C@@H]1CCCC[C@H]1NCc1ccc(N2CCOCC2)cc1. The topological polar surface area (TPSA) is 62.8 Å². The third-order valence-electron chi connectivity index (χ3n) is 5.35. The first-order chi connectivity index (χ1) is 13.4. The number of nitrogens with one attached hydrogen (secondary N) is 2. The van der Waals surface area contributed by atoms with Crippen molar-refractivity contribution in [2.24, 2.45) is 0 Å². The van der Waals surface area contributed by atoms with Crippen LogP contribution in [-0.4, -0.2) is 50.1 Å². The Morgan fingerprint density at radius 1 is 1.11 bits per heavy atom. The Morgan fingerprint density at radius 2 is 1.75 bits per heavy atom. The maximum Gasteiger partial charge on any atom is 0.407 e. The molecule has 1 amide bonds. The van der Waals surface area contributed by atoms with E-state index in [0.717, 1.165) is 52.1 Å². The van der Waals surface area contributed by atoms with Gasteiger partial charge in [-0.2, -0.15) is 0 Å². The van der Waals surface area contributed by atoms with E-state index in [4.69, 9.17) is 9.47 Å². The molecule has 2 aliphatic rings. The molecule has 0 radical (unpaired) electrons. The molecule has 28 heavy (non-hydrogen) atoms. The second-order valence-electron chi connectivity index (χ2n) is 8.79. The molecule has 0 spiro atoms. The number of hydrogen-bond donors (Lipinski definition) is 2. The van der Waals surface area contributed by atoms with E-state index < -0.39 is 5.60 Å². The number of rotatable bonds is 5. The van der Waals surface area contributed by atoms with Crippen LogP contribution < -0.4 is 15.5 Å². The Bertz CT molecular complexity index is 621. The van der Waals surface area contributed by atoms with Gasteiger partial charge in [-0.15, -0.1) is 0 Å². The highest BCUT2D eigenvalue weighted by atomic mass is 16.6. The van der Waals surface area contributed by atoms with Crippen LogP contribution in [0.4, 0.5) is 10.5 Å². The smallest absolute Gasteiger partial charge is 0.407 e. The standard InChI is InChI=1S/C22H35N3O3/c1-22(2,3)28-21(26)24-20-7-5-4-6-19(20)23-16-17-8-10-18(11-9-17)25-12-14-27-15-13-25/h8-11,19-20,23H,4-7,12-16H2,1-3H3,(H,24,26)/t19-,20-/m1/s1. The molecule has 1 saturated carbocycles. The summed E-state index contributed by atoms with van der Waals surface area (Å²) in [4.78, 5) is 14.5. The van der Waals surface area contributed by atoms with Crippen molar-refractivity contribution < 1.29 is 14.3 Å². The molecule has 6 heteroatoms. The lowest BCUT2D eigenvalue weighted by Gasteiger charge is -2.33. The normalized spacial score (nSPS) is 23.3. The lowest BCUT2D eigenvalue weighted by molar-refractivity contribution is 0.0479. The number of nitrogens with zero attached hydrogens (tertiary/aromatic N) is 1. The number of alkyl carbamates (subject to hydrolysis) is 1. The number of morpholine rings is 1. The molecule has 6 nitrogen and oxygen atoms in total. The van der Waals surface area contributed by atoms with E-state index in [-0.39, 0.29) is 18.2 Å². The Morgan fingerprint density at radius 3 is 2.39 bits per heavy atom. The van der Waals surface area contributed by atoms with Crippen molar-refractivity contribution in [3.8, 4) is 0 Å². The molecule has 1 saturated heterocycles. The van der Waals surface area contributed by atoms with Gasteiger partial charge in [-0.25, -0.2) is 4.79 Å². The van der Waals surface area contributed by atoms with Crippen LogP contribution in [0, 0.1) is 0 Å². The number of carbonyl (C=O) groups excluding carboxylic acids is 1. The van der Waals surface area contributed by atoms with Crippen LogP contribution in [0.15, 0.2) is 24.3 Å². The first-order valence-electron chi connectivity index (χ1n) is 10.6. The van der Waals surface area contributed by atoms with Crippen LogP contribution in [0.5, 0.6) is 0 Å². The second kappa shape index (κ2) is 9.61. The summed E-state index contributed by atoms with van der Waals surface area (Å²) in [6, 6.07) is 9.17. The highest BCUT2D eigenvalue weighted by Gasteiger charge is 2.28. The minimum absolute atomic E-state index is 0.122. The molecule has 1 heterocycles. The molecule has 1 aromatic carbocycles. The zero-order chi connectivity index (χ0) is 20.0. The van der Waals surface area contributed by atoms with Gasteiger partial charge >= 0.3 is 6.09 Å². The van der Waals surface area contributed by atoms with E-state index in [2.05, 4.69) is 39.8 Å². The van der Waals surface area contributed by atoms with Crippen molar-refractivity contribution in [2.75, 3.05) is 31.2 Å². The maximum atomic E-state index is 12.2. The van der Waals surface area contributed by atoms with Gasteiger partial charge in [0.2, 0.25) is 0 Å². The van der Waals surface area contributed by atoms with E-state index in [9.17, 15) is 4.79 Å². The molecule has 2 fully saturated rings. The molecule has 2 N–H and O–H groups in total. The van der Waals surface area contributed by atoms with E-state index in [1.807, 2.05) is 20.8 Å². The van der Waals surface area contributed by atoms with Gasteiger partial charge in [0.25, 0.3) is 0 Å². The van der Waals surface area contributed by atoms with Crippen molar-refractivity contribution in [1.82, 2.24) is 10.6 Å². The summed E-state index contributed by atoms with van der Waals surface area (Å²) < 4.78 is 10.9. The summed E-state index contributed by atoms with van der Waals surface area (Å²) >= 11 is 0. The van der Waals surface area contributed by atoms with Crippen molar-refractivity contribution >= 4 is 11.8 Å². The summed E-state index contributed by atoms with van der Waals surface area (Å²) in [6.07, 6.45) is 4.09. The van der Waals surface area contributed by atoms with Crippen LogP contribution in [-0.2, 0) is 16.0 Å². The fourth-order valence-corrected chi connectivity index (χ4v) is 3.90. The number of hydrogen-bond acceptors (Lipinski definition) is 5. The lowest BCUT2D eigenvalue weighted by Crippen LogP contribution is -2.52. The van der Waals surface area contributed by atoms with Crippen LogP contribution in [0.25, 0.3) is 0 Å². The van der Waals surface area contributed by atoms with Gasteiger partial charge in [0, 0.05) is 37.4 Å². The van der Waals surface area contributed by atoms with Gasteiger partial charge in [-0.05, 0) is 51.3 Å². The van der Waals surface area contributed by atoms with Crippen LogP contribution in [0.2, 0.25) is 0 Å². The third-order valence-corrected chi connectivity index (χ3v) is 5.35. The predicted octanol–water partition coefficient (Wildman–Crippen LogP) is 3.45. The van der Waals surface area contributed by atoms with Crippen molar-refractivity contribution in [1.29, 1.82) is 0 Å². The first kappa shape index (κ1) is 20.9. The average molecular weight is 390 g/mol. The highest BCUT2D eigenvalue weighted by molar-refractivity contribution is 5.68. The largest absolute Gasteiger partial charge is 0.444 e. The van der Waals surface area contributed by atoms with E-state index in [0.29, 0.717) is 0 Å². The number of amides is 1. The molecule has 1 aliphatic heterocycles. The number of ether oxygens (including phenoxy) is 2. The highest BCUT2D eigenvalue weighted by Crippen LogP contribution is 2.21. The molecule has 1 aliphatic carbocycles. The maximum absolute atomic E-state index is 12.2. The van der Waals surface area contributed by atoms with Crippen molar-refractivity contribution in [3.63, 3.8) is 0 Å². The van der Waals surface area contributed by atoms with E-state index in [1.54, 1.807) is 0 Å². The molecule has 156 valence electrons. The van der Waals surface area contributed by atoms with Crippen molar-refractivity contribution in [2.45, 2.75) is 70.7 Å². The Hall–Kier alpha value is -1.79. The summed E-state index contributed by atoms with van der Waals surface area (Å²) in [5.41, 5.74) is 2.05. The predicted molar refractivity (Wildman–Crippen MR) is 112 cm³/mol. The molecule has 0 aromatic heterocycles. The van der Waals surface area contributed by atoms with Crippen LogP contribution >= 0.6 is 0 Å². The molecule has 0 unspecified atom stereocenters. The summed E-state index contributed by atoms with van der Waals surface area (Å²) in [7, 11) is 0. The molecule has 0 bridgehead atoms. The summed E-state index contributed by atoms with van der Waals surface area (Å²) in [6.45, 7) is 10.0. The minimum Gasteiger partial charge on any atom is -0.444 e. The van der Waals surface area contributed by atoms with Gasteiger partial charge in [0.15, 0.2) is 0 Å². The summed E-state index contributed by atoms with van der Waals surface area (Å²) in [5.74, 6) is 0. The number of carbonyl (C=O) groups is 1. The van der Waals surface area contributed by atoms with Gasteiger partial charge in [0.1, 0.15) is 5.60 Å². The zero-order valence-corrected chi connectivity index (χ0v) is 17.5. The monoisotopic (exact) mass is 389 g/mol. The Kier molecular flexibility index (Phi) is 7.18. The van der Waals surface area contributed by atoms with Crippen LogP contribution in [0.1, 0.15) is 52.0 Å².